The SMILES string of the molecule is c1ccc(-c2cccc(-c3nc(-c4ccccc4)nc(-c4cccc(-c5c(-c6ccccc6)cccc5-c5cnc6ccccc6c5)c4)n3)c2)cc1. The Morgan fingerprint density at radius 2 is 0.750 bits per heavy atom. The normalized spacial score (nSPS) is 11.1. The van der Waals surface area contributed by atoms with Crippen LogP contribution < -0.4 is 0 Å². The summed E-state index contributed by atoms with van der Waals surface area (Å²) >= 11 is 0. The highest BCUT2D eigenvalue weighted by Gasteiger charge is 2.18. The molecule has 0 bridgehead atoms. The molecular formula is C48H32N4. The fourth-order valence-electron chi connectivity index (χ4n) is 6.81. The lowest BCUT2D eigenvalue weighted by Gasteiger charge is -2.17. The fourth-order valence-corrected chi connectivity index (χ4v) is 6.81. The van der Waals surface area contributed by atoms with Crippen molar-refractivity contribution in [3.8, 4) is 78.7 Å². The first kappa shape index (κ1) is 31.0. The number of fused-ring (bicyclic) bond motifs is 1. The molecule has 7 aromatic carbocycles. The average molecular weight is 665 g/mol. The van der Waals surface area contributed by atoms with Crippen LogP contribution in [-0.4, -0.2) is 19.9 Å². The average Bonchev–Trinajstić information content (AvgIpc) is 3.24. The van der Waals surface area contributed by atoms with Crippen molar-refractivity contribution in [2.24, 2.45) is 0 Å². The van der Waals surface area contributed by atoms with E-state index in [2.05, 4.69) is 146 Å². The Morgan fingerprint density at radius 3 is 1.42 bits per heavy atom. The first-order valence-electron chi connectivity index (χ1n) is 17.4. The molecule has 0 aliphatic carbocycles. The van der Waals surface area contributed by atoms with Crippen molar-refractivity contribution in [2.45, 2.75) is 0 Å². The van der Waals surface area contributed by atoms with Crippen LogP contribution in [0.5, 0.6) is 0 Å². The van der Waals surface area contributed by atoms with E-state index < -0.39 is 0 Å². The third kappa shape index (κ3) is 6.14. The van der Waals surface area contributed by atoms with Gasteiger partial charge in [-0.1, -0.05) is 164 Å². The van der Waals surface area contributed by atoms with Crippen LogP contribution in [0, 0.1) is 0 Å². The van der Waals surface area contributed by atoms with Crippen molar-refractivity contribution < 1.29 is 0 Å². The van der Waals surface area contributed by atoms with Gasteiger partial charge < -0.3 is 0 Å². The summed E-state index contributed by atoms with van der Waals surface area (Å²) in [6.07, 6.45) is 1.98. The van der Waals surface area contributed by atoms with Crippen molar-refractivity contribution in [3.05, 3.63) is 194 Å². The molecule has 0 aliphatic rings. The molecule has 0 amide bonds. The first-order chi connectivity index (χ1) is 25.8. The van der Waals surface area contributed by atoms with E-state index in [-0.39, 0.29) is 0 Å². The molecule has 0 spiro atoms. The quantitative estimate of drug-likeness (QED) is 0.170. The maximum Gasteiger partial charge on any atom is 0.164 e. The topological polar surface area (TPSA) is 51.6 Å². The van der Waals surface area contributed by atoms with Crippen LogP contribution in [0.4, 0.5) is 0 Å². The van der Waals surface area contributed by atoms with Gasteiger partial charge in [-0.2, -0.15) is 0 Å². The second-order valence-corrected chi connectivity index (χ2v) is 12.7. The molecule has 244 valence electrons. The maximum atomic E-state index is 5.13. The summed E-state index contributed by atoms with van der Waals surface area (Å²) < 4.78 is 0. The van der Waals surface area contributed by atoms with Gasteiger partial charge in [0.1, 0.15) is 0 Å². The number of aromatic nitrogens is 4. The maximum absolute atomic E-state index is 5.13. The van der Waals surface area contributed by atoms with Gasteiger partial charge in [0.15, 0.2) is 17.5 Å². The van der Waals surface area contributed by atoms with Crippen molar-refractivity contribution in [1.82, 2.24) is 19.9 Å². The minimum absolute atomic E-state index is 0.613. The molecule has 52 heavy (non-hydrogen) atoms. The molecule has 0 atom stereocenters. The summed E-state index contributed by atoms with van der Waals surface area (Å²) in [6, 6.07) is 65.0. The molecule has 4 nitrogen and oxygen atoms in total. The van der Waals surface area contributed by atoms with E-state index in [1.165, 1.54) is 0 Å². The summed E-state index contributed by atoms with van der Waals surface area (Å²) in [4.78, 5) is 20.1. The largest absolute Gasteiger partial charge is 0.256 e. The van der Waals surface area contributed by atoms with Crippen LogP contribution >= 0.6 is 0 Å². The zero-order valence-electron chi connectivity index (χ0n) is 28.3. The van der Waals surface area contributed by atoms with E-state index >= 15 is 0 Å². The highest BCUT2D eigenvalue weighted by molar-refractivity contribution is 5.97. The first-order valence-corrected chi connectivity index (χ1v) is 17.4. The minimum atomic E-state index is 0.613. The van der Waals surface area contributed by atoms with Crippen molar-refractivity contribution in [2.75, 3.05) is 0 Å². The second-order valence-electron chi connectivity index (χ2n) is 12.7. The molecule has 0 unspecified atom stereocenters. The van der Waals surface area contributed by atoms with E-state index in [0.29, 0.717) is 17.5 Å². The van der Waals surface area contributed by atoms with Gasteiger partial charge in [-0.3, -0.25) is 4.98 Å². The number of hydrogen-bond acceptors (Lipinski definition) is 4. The van der Waals surface area contributed by atoms with E-state index in [1.807, 2.05) is 48.7 Å². The van der Waals surface area contributed by atoms with Gasteiger partial charge in [0, 0.05) is 33.8 Å². The molecule has 4 heteroatoms. The highest BCUT2D eigenvalue weighted by Crippen LogP contribution is 2.41. The summed E-state index contributed by atoms with van der Waals surface area (Å²) in [6.45, 7) is 0. The summed E-state index contributed by atoms with van der Waals surface area (Å²) in [5, 5.41) is 1.10. The van der Waals surface area contributed by atoms with Gasteiger partial charge in [0.05, 0.1) is 5.52 Å². The lowest BCUT2D eigenvalue weighted by Crippen LogP contribution is -2.00. The number of para-hydroxylation sites is 1. The smallest absolute Gasteiger partial charge is 0.164 e. The second kappa shape index (κ2) is 13.7. The molecule has 2 aromatic heterocycles. The van der Waals surface area contributed by atoms with Gasteiger partial charge >= 0.3 is 0 Å². The number of benzene rings is 7. The van der Waals surface area contributed by atoms with Crippen LogP contribution in [0.3, 0.4) is 0 Å². The summed E-state index contributed by atoms with van der Waals surface area (Å²) in [5.41, 5.74) is 12.6. The van der Waals surface area contributed by atoms with Crippen LogP contribution in [0.25, 0.3) is 89.6 Å². The summed E-state index contributed by atoms with van der Waals surface area (Å²) in [7, 11) is 0. The zero-order valence-corrected chi connectivity index (χ0v) is 28.3. The lowest BCUT2D eigenvalue weighted by molar-refractivity contribution is 1.07. The van der Waals surface area contributed by atoms with Gasteiger partial charge in [-0.15, -0.1) is 0 Å². The fraction of sp³-hybridized carbons (Fsp3) is 0. The monoisotopic (exact) mass is 664 g/mol. The van der Waals surface area contributed by atoms with Crippen molar-refractivity contribution in [1.29, 1.82) is 0 Å². The molecule has 0 saturated heterocycles. The third-order valence-corrected chi connectivity index (χ3v) is 9.36. The van der Waals surface area contributed by atoms with Crippen LogP contribution in [0.1, 0.15) is 0 Å². The number of hydrogen-bond donors (Lipinski definition) is 0. The molecule has 2 heterocycles. The molecule has 0 radical (unpaired) electrons. The van der Waals surface area contributed by atoms with Gasteiger partial charge in [0.2, 0.25) is 0 Å². The Kier molecular flexibility index (Phi) is 8.16. The van der Waals surface area contributed by atoms with E-state index in [0.717, 1.165) is 72.1 Å². The standard InChI is InChI=1S/C48H32N4/c1-4-15-33(16-5-1)36-22-12-24-39(29-36)47-50-46(35-19-8-3-9-20-35)51-48(52-47)40-25-13-23-38(31-40)45-42(34-17-6-2-7-18-34)26-14-27-43(45)41-30-37-21-10-11-28-44(37)49-32-41/h1-32H. The minimum Gasteiger partial charge on any atom is -0.256 e. The molecule has 9 rings (SSSR count). The van der Waals surface area contributed by atoms with E-state index in [9.17, 15) is 0 Å². The van der Waals surface area contributed by atoms with Crippen molar-refractivity contribution >= 4 is 10.9 Å². The number of rotatable bonds is 7. The van der Waals surface area contributed by atoms with Gasteiger partial charge in [0.25, 0.3) is 0 Å². The molecule has 0 N–H and O–H groups in total. The highest BCUT2D eigenvalue weighted by atomic mass is 15.0. The van der Waals surface area contributed by atoms with Gasteiger partial charge in [-0.25, -0.2) is 15.0 Å². The lowest BCUT2D eigenvalue weighted by atomic mass is 9.87. The Hall–Kier alpha value is -7.04. The van der Waals surface area contributed by atoms with Gasteiger partial charge in [-0.05, 0) is 63.2 Å². The zero-order chi connectivity index (χ0) is 34.7. The molecule has 0 aliphatic heterocycles. The predicted octanol–water partition coefficient (Wildman–Crippen LogP) is 12.1. The van der Waals surface area contributed by atoms with E-state index in [1.54, 1.807) is 0 Å². The Morgan fingerprint density at radius 1 is 0.288 bits per heavy atom. The molecule has 0 fully saturated rings. The number of pyridine rings is 1. The van der Waals surface area contributed by atoms with Crippen LogP contribution in [0.2, 0.25) is 0 Å². The van der Waals surface area contributed by atoms with E-state index in [4.69, 9.17) is 19.9 Å². The predicted molar refractivity (Wildman–Crippen MR) is 213 cm³/mol. The Labute approximate surface area is 302 Å². The number of nitrogens with zero attached hydrogens (tertiary/aromatic N) is 4. The molecule has 9 aromatic rings. The van der Waals surface area contributed by atoms with Crippen LogP contribution in [0.15, 0.2) is 194 Å². The molecule has 0 saturated carbocycles. The third-order valence-electron chi connectivity index (χ3n) is 9.36. The Bertz CT molecular complexity index is 2670. The molecular weight excluding hydrogens is 633 g/mol. The van der Waals surface area contributed by atoms with Crippen LogP contribution in [-0.2, 0) is 0 Å². The van der Waals surface area contributed by atoms with Crippen molar-refractivity contribution in [3.63, 3.8) is 0 Å². The summed E-state index contributed by atoms with van der Waals surface area (Å²) in [5.74, 6) is 1.87. The Balaban J connectivity index is 1.22.